The van der Waals surface area contributed by atoms with Crippen LogP contribution in [0.15, 0.2) is 47.4 Å². The number of hydrogen-bond donors (Lipinski definition) is 0. The summed E-state index contributed by atoms with van der Waals surface area (Å²) in [4.78, 5) is 6.88. The lowest BCUT2D eigenvalue weighted by atomic mass is 10.1. The molecule has 0 amide bonds. The number of benzene rings is 1. The minimum absolute atomic E-state index is 0.0641. The first-order chi connectivity index (χ1) is 12.3. The van der Waals surface area contributed by atoms with Crippen molar-refractivity contribution >= 4 is 0 Å². The van der Waals surface area contributed by atoms with Gasteiger partial charge in [0.2, 0.25) is 0 Å². The van der Waals surface area contributed by atoms with E-state index >= 15 is 0 Å². The second kappa shape index (κ2) is 7.16. The number of morpholine rings is 1. The third kappa shape index (κ3) is 3.47. The van der Waals surface area contributed by atoms with Gasteiger partial charge in [0, 0.05) is 18.7 Å². The first-order valence-corrected chi connectivity index (χ1v) is 8.45. The van der Waals surface area contributed by atoms with Crippen molar-refractivity contribution in [2.24, 2.45) is 0 Å². The van der Waals surface area contributed by atoms with E-state index in [1.54, 1.807) is 12.5 Å². The lowest BCUT2D eigenvalue weighted by Crippen LogP contribution is -2.40. The molecule has 3 aromatic rings. The van der Waals surface area contributed by atoms with Gasteiger partial charge in [0.15, 0.2) is 0 Å². The van der Waals surface area contributed by atoms with Crippen LogP contribution in [-0.2, 0) is 17.8 Å². The van der Waals surface area contributed by atoms with Crippen molar-refractivity contribution in [2.45, 2.75) is 26.1 Å². The summed E-state index contributed by atoms with van der Waals surface area (Å²) in [5, 5.41) is 8.31. The van der Waals surface area contributed by atoms with Gasteiger partial charge in [-0.05, 0) is 12.5 Å². The van der Waals surface area contributed by atoms with E-state index in [9.17, 15) is 0 Å². The zero-order chi connectivity index (χ0) is 17.1. The van der Waals surface area contributed by atoms with Crippen molar-refractivity contribution in [1.29, 1.82) is 0 Å². The lowest BCUT2D eigenvalue weighted by Gasteiger charge is -2.34. The molecule has 2 aromatic heterocycles. The van der Waals surface area contributed by atoms with E-state index in [4.69, 9.17) is 9.26 Å². The molecule has 1 aliphatic heterocycles. The van der Waals surface area contributed by atoms with Crippen LogP contribution in [0.4, 0.5) is 0 Å². The van der Waals surface area contributed by atoms with Crippen LogP contribution in [0.2, 0.25) is 0 Å². The molecule has 1 atom stereocenters. The SMILES string of the molecule is Cc1oncc1CN1CCOCC1c1ncnn1Cc1ccccc1. The van der Waals surface area contributed by atoms with E-state index in [1.165, 1.54) is 5.56 Å². The molecule has 1 unspecified atom stereocenters. The van der Waals surface area contributed by atoms with E-state index in [2.05, 4.69) is 32.3 Å². The fraction of sp³-hybridized carbons (Fsp3) is 0.389. The number of ether oxygens (including phenoxy) is 1. The number of aromatic nitrogens is 4. The average Bonchev–Trinajstić information content (AvgIpc) is 3.26. The second-order valence-electron chi connectivity index (χ2n) is 6.23. The van der Waals surface area contributed by atoms with Crippen molar-refractivity contribution in [3.05, 3.63) is 65.6 Å². The fourth-order valence-corrected chi connectivity index (χ4v) is 3.16. The molecule has 1 fully saturated rings. The standard InChI is InChI=1S/C18H21N5O2/c1-14-16(9-21-25-14)11-22-7-8-24-12-17(22)18-19-13-20-23(18)10-15-5-3-2-4-6-15/h2-6,9,13,17H,7-8,10-12H2,1H3. The molecule has 1 aromatic carbocycles. The Morgan fingerprint density at radius 1 is 1.20 bits per heavy atom. The van der Waals surface area contributed by atoms with Gasteiger partial charge in [-0.3, -0.25) is 4.90 Å². The van der Waals surface area contributed by atoms with Gasteiger partial charge in [-0.25, -0.2) is 9.67 Å². The topological polar surface area (TPSA) is 69.2 Å². The van der Waals surface area contributed by atoms with Crippen molar-refractivity contribution < 1.29 is 9.26 Å². The molecule has 0 radical (unpaired) electrons. The predicted molar refractivity (Wildman–Crippen MR) is 90.8 cm³/mol. The highest BCUT2D eigenvalue weighted by atomic mass is 16.5. The molecule has 130 valence electrons. The molecule has 0 aliphatic carbocycles. The molecule has 3 heterocycles. The molecular weight excluding hydrogens is 318 g/mol. The van der Waals surface area contributed by atoms with Crippen molar-refractivity contribution in [3.8, 4) is 0 Å². The number of aryl methyl sites for hydroxylation is 1. The van der Waals surface area contributed by atoms with Gasteiger partial charge < -0.3 is 9.26 Å². The highest BCUT2D eigenvalue weighted by Crippen LogP contribution is 2.25. The maximum absolute atomic E-state index is 5.73. The molecule has 0 N–H and O–H groups in total. The third-order valence-electron chi connectivity index (χ3n) is 4.58. The van der Waals surface area contributed by atoms with Gasteiger partial charge in [-0.15, -0.1) is 0 Å². The summed E-state index contributed by atoms with van der Waals surface area (Å²) in [6, 6.07) is 10.4. The summed E-state index contributed by atoms with van der Waals surface area (Å²) >= 11 is 0. The van der Waals surface area contributed by atoms with Crippen molar-refractivity contribution in [2.75, 3.05) is 19.8 Å². The van der Waals surface area contributed by atoms with Gasteiger partial charge >= 0.3 is 0 Å². The maximum atomic E-state index is 5.73. The monoisotopic (exact) mass is 339 g/mol. The summed E-state index contributed by atoms with van der Waals surface area (Å²) in [7, 11) is 0. The molecule has 0 saturated carbocycles. The van der Waals surface area contributed by atoms with E-state index in [1.807, 2.05) is 29.8 Å². The summed E-state index contributed by atoms with van der Waals surface area (Å²) in [5.41, 5.74) is 2.30. The van der Waals surface area contributed by atoms with Crippen LogP contribution in [0.1, 0.15) is 28.8 Å². The Morgan fingerprint density at radius 3 is 2.88 bits per heavy atom. The Labute approximate surface area is 146 Å². The van der Waals surface area contributed by atoms with E-state index in [0.717, 1.165) is 30.2 Å². The Hall–Kier alpha value is -2.51. The van der Waals surface area contributed by atoms with Crippen LogP contribution in [-0.4, -0.2) is 44.6 Å². The lowest BCUT2D eigenvalue weighted by molar-refractivity contribution is -0.0175. The van der Waals surface area contributed by atoms with E-state index in [-0.39, 0.29) is 6.04 Å². The first kappa shape index (κ1) is 16.0. The zero-order valence-corrected chi connectivity index (χ0v) is 14.2. The smallest absolute Gasteiger partial charge is 0.146 e. The molecule has 4 rings (SSSR count). The molecular formula is C18H21N5O2. The van der Waals surface area contributed by atoms with Crippen LogP contribution in [0.5, 0.6) is 0 Å². The van der Waals surface area contributed by atoms with Crippen molar-refractivity contribution in [1.82, 2.24) is 24.8 Å². The Morgan fingerprint density at radius 2 is 2.08 bits per heavy atom. The molecule has 1 aliphatic rings. The fourth-order valence-electron chi connectivity index (χ4n) is 3.16. The Bertz CT molecular complexity index is 814. The average molecular weight is 339 g/mol. The number of nitrogens with zero attached hydrogens (tertiary/aromatic N) is 5. The highest BCUT2D eigenvalue weighted by molar-refractivity contribution is 5.16. The van der Waals surface area contributed by atoms with E-state index in [0.29, 0.717) is 19.8 Å². The summed E-state index contributed by atoms with van der Waals surface area (Å²) < 4.78 is 12.9. The minimum atomic E-state index is 0.0641. The third-order valence-corrected chi connectivity index (χ3v) is 4.58. The Balaban J connectivity index is 1.57. The summed E-state index contributed by atoms with van der Waals surface area (Å²) in [6.45, 7) is 5.57. The van der Waals surface area contributed by atoms with Gasteiger partial charge in [-0.1, -0.05) is 35.5 Å². The van der Waals surface area contributed by atoms with Crippen LogP contribution in [0, 0.1) is 6.92 Å². The normalized spacial score (nSPS) is 18.5. The van der Waals surface area contributed by atoms with Crippen LogP contribution in [0.25, 0.3) is 0 Å². The quantitative estimate of drug-likeness (QED) is 0.710. The molecule has 0 bridgehead atoms. The van der Waals surface area contributed by atoms with Crippen LogP contribution in [0.3, 0.4) is 0 Å². The summed E-state index contributed by atoms with van der Waals surface area (Å²) in [6.07, 6.45) is 3.41. The van der Waals surface area contributed by atoms with Gasteiger partial charge in [-0.2, -0.15) is 5.10 Å². The molecule has 0 spiro atoms. The minimum Gasteiger partial charge on any atom is -0.378 e. The molecule has 1 saturated heterocycles. The molecule has 25 heavy (non-hydrogen) atoms. The number of rotatable bonds is 5. The Kier molecular flexibility index (Phi) is 4.58. The van der Waals surface area contributed by atoms with Gasteiger partial charge in [0.25, 0.3) is 0 Å². The molecule has 7 heteroatoms. The molecule has 7 nitrogen and oxygen atoms in total. The largest absolute Gasteiger partial charge is 0.378 e. The van der Waals surface area contributed by atoms with Crippen LogP contribution < -0.4 is 0 Å². The van der Waals surface area contributed by atoms with Crippen molar-refractivity contribution in [3.63, 3.8) is 0 Å². The number of hydrogen-bond acceptors (Lipinski definition) is 6. The highest BCUT2D eigenvalue weighted by Gasteiger charge is 2.29. The van der Waals surface area contributed by atoms with Gasteiger partial charge in [0.1, 0.15) is 17.9 Å². The maximum Gasteiger partial charge on any atom is 0.146 e. The van der Waals surface area contributed by atoms with Gasteiger partial charge in [0.05, 0.1) is 32.0 Å². The first-order valence-electron chi connectivity index (χ1n) is 8.45. The van der Waals surface area contributed by atoms with E-state index < -0.39 is 0 Å². The second-order valence-corrected chi connectivity index (χ2v) is 6.23. The predicted octanol–water partition coefficient (Wildman–Crippen LogP) is 2.20. The zero-order valence-electron chi connectivity index (χ0n) is 14.2. The van der Waals surface area contributed by atoms with Crippen LogP contribution >= 0.6 is 0 Å². The summed E-state index contributed by atoms with van der Waals surface area (Å²) in [5.74, 6) is 1.79.